The Morgan fingerprint density at radius 3 is 2.45 bits per heavy atom. The lowest BCUT2D eigenvalue weighted by Gasteiger charge is -2.15. The first-order chi connectivity index (χ1) is 9.51. The molecule has 2 rings (SSSR count). The standard InChI is InChI=1S/C14H16ClNO2S2/c1-11-7-8-14(19-11)20(17,18)16-13(10-15)9-12-5-3-2-4-6-12/h2-8,13,16H,9-10H2,1H3. The SMILES string of the molecule is Cc1ccc(S(=O)(=O)NC(CCl)Cc2ccccc2)s1. The van der Waals surface area contributed by atoms with Crippen LogP contribution in [0.1, 0.15) is 10.4 Å². The Morgan fingerprint density at radius 2 is 1.90 bits per heavy atom. The van der Waals surface area contributed by atoms with Gasteiger partial charge in [-0.2, -0.15) is 0 Å². The molecule has 1 unspecified atom stereocenters. The molecule has 1 aromatic heterocycles. The Bertz CT molecular complexity index is 653. The fourth-order valence-electron chi connectivity index (χ4n) is 1.86. The van der Waals surface area contributed by atoms with Crippen LogP contribution in [0.25, 0.3) is 0 Å². The van der Waals surface area contributed by atoms with Crippen LogP contribution in [0, 0.1) is 6.92 Å². The lowest BCUT2D eigenvalue weighted by molar-refractivity contribution is 0.563. The van der Waals surface area contributed by atoms with Crippen LogP contribution in [-0.2, 0) is 16.4 Å². The average Bonchev–Trinajstić information content (AvgIpc) is 2.86. The summed E-state index contributed by atoms with van der Waals surface area (Å²) in [6.45, 7) is 1.88. The second-order valence-electron chi connectivity index (χ2n) is 4.53. The van der Waals surface area contributed by atoms with Gasteiger partial charge in [0.25, 0.3) is 0 Å². The topological polar surface area (TPSA) is 46.2 Å². The first-order valence-electron chi connectivity index (χ1n) is 6.20. The number of nitrogens with one attached hydrogen (secondary N) is 1. The number of hydrogen-bond acceptors (Lipinski definition) is 3. The fourth-order valence-corrected chi connectivity index (χ4v) is 4.67. The van der Waals surface area contributed by atoms with E-state index < -0.39 is 10.0 Å². The molecule has 0 spiro atoms. The lowest BCUT2D eigenvalue weighted by Crippen LogP contribution is -2.37. The molecule has 0 saturated heterocycles. The quantitative estimate of drug-likeness (QED) is 0.827. The summed E-state index contributed by atoms with van der Waals surface area (Å²) < 4.78 is 27.5. The number of thiophene rings is 1. The van der Waals surface area contributed by atoms with Crippen molar-refractivity contribution in [1.82, 2.24) is 4.72 Å². The van der Waals surface area contributed by atoms with Crippen LogP contribution in [0.4, 0.5) is 0 Å². The minimum Gasteiger partial charge on any atom is -0.206 e. The molecule has 6 heteroatoms. The lowest BCUT2D eigenvalue weighted by atomic mass is 10.1. The van der Waals surface area contributed by atoms with Gasteiger partial charge in [0, 0.05) is 16.8 Å². The smallest absolute Gasteiger partial charge is 0.206 e. The van der Waals surface area contributed by atoms with Crippen molar-refractivity contribution in [3.05, 3.63) is 52.9 Å². The van der Waals surface area contributed by atoms with Crippen molar-refractivity contribution in [2.45, 2.75) is 23.6 Å². The highest BCUT2D eigenvalue weighted by Gasteiger charge is 2.21. The minimum absolute atomic E-state index is 0.235. The molecule has 1 heterocycles. The number of alkyl halides is 1. The Hall–Kier alpha value is -0.880. The minimum atomic E-state index is -3.49. The van der Waals surface area contributed by atoms with Gasteiger partial charge in [0.2, 0.25) is 10.0 Å². The molecule has 0 aliphatic heterocycles. The van der Waals surface area contributed by atoms with Crippen LogP contribution in [-0.4, -0.2) is 20.3 Å². The molecule has 0 radical (unpaired) electrons. The zero-order chi connectivity index (χ0) is 14.6. The molecule has 3 nitrogen and oxygen atoms in total. The molecule has 1 atom stereocenters. The maximum atomic E-state index is 12.2. The second-order valence-corrected chi connectivity index (χ2v) is 8.06. The summed E-state index contributed by atoms with van der Waals surface area (Å²) in [6.07, 6.45) is 0.577. The summed E-state index contributed by atoms with van der Waals surface area (Å²) in [5, 5.41) is 0. The molecule has 1 aromatic carbocycles. The van der Waals surface area contributed by atoms with Crippen LogP contribution >= 0.6 is 22.9 Å². The summed E-state index contributed by atoms with van der Waals surface area (Å²) >= 11 is 7.15. The van der Waals surface area contributed by atoms with Gasteiger partial charge >= 0.3 is 0 Å². The summed E-state index contributed by atoms with van der Waals surface area (Å²) in [6, 6.07) is 12.8. The van der Waals surface area contributed by atoms with Crippen LogP contribution < -0.4 is 4.72 Å². The van der Waals surface area contributed by atoms with E-state index in [0.717, 1.165) is 10.4 Å². The monoisotopic (exact) mass is 329 g/mol. The van der Waals surface area contributed by atoms with Crippen molar-refractivity contribution < 1.29 is 8.42 Å². The molecule has 0 saturated carbocycles. The second kappa shape index (κ2) is 6.72. The molecule has 0 aliphatic carbocycles. The number of rotatable bonds is 6. The highest BCUT2D eigenvalue weighted by atomic mass is 35.5. The van der Waals surface area contributed by atoms with Gasteiger partial charge in [-0.1, -0.05) is 30.3 Å². The maximum Gasteiger partial charge on any atom is 0.250 e. The Morgan fingerprint density at radius 1 is 1.20 bits per heavy atom. The van der Waals surface area contributed by atoms with Gasteiger partial charge in [0.15, 0.2) is 0 Å². The average molecular weight is 330 g/mol. The summed E-state index contributed by atoms with van der Waals surface area (Å²) in [4.78, 5) is 0.968. The van der Waals surface area contributed by atoms with E-state index in [1.807, 2.05) is 37.3 Å². The van der Waals surface area contributed by atoms with E-state index in [1.54, 1.807) is 12.1 Å². The van der Waals surface area contributed by atoms with Crippen molar-refractivity contribution >= 4 is 33.0 Å². The summed E-state index contributed by atoms with van der Waals surface area (Å²) in [5.41, 5.74) is 1.06. The number of benzene rings is 1. The van der Waals surface area contributed by atoms with Gasteiger partial charge in [-0.05, 0) is 31.0 Å². The molecule has 0 aliphatic rings. The van der Waals surface area contributed by atoms with Crippen molar-refractivity contribution in [3.63, 3.8) is 0 Å². The number of hydrogen-bond donors (Lipinski definition) is 1. The van der Waals surface area contributed by atoms with Gasteiger partial charge < -0.3 is 0 Å². The van der Waals surface area contributed by atoms with Gasteiger partial charge in [0.1, 0.15) is 4.21 Å². The molecule has 108 valence electrons. The van der Waals surface area contributed by atoms with E-state index >= 15 is 0 Å². The Kier molecular flexibility index (Phi) is 5.21. The van der Waals surface area contributed by atoms with E-state index in [0.29, 0.717) is 10.6 Å². The molecule has 0 fully saturated rings. The highest BCUT2D eigenvalue weighted by Crippen LogP contribution is 2.21. The number of sulfonamides is 1. The zero-order valence-corrected chi connectivity index (χ0v) is 13.4. The van der Waals surface area contributed by atoms with E-state index in [4.69, 9.17) is 11.6 Å². The van der Waals surface area contributed by atoms with E-state index in [9.17, 15) is 8.42 Å². The fraction of sp³-hybridized carbons (Fsp3) is 0.286. The predicted octanol–water partition coefficient (Wildman–Crippen LogP) is 3.18. The predicted molar refractivity (Wildman–Crippen MR) is 84.0 cm³/mol. The molecule has 20 heavy (non-hydrogen) atoms. The van der Waals surface area contributed by atoms with Crippen LogP contribution in [0.3, 0.4) is 0 Å². The van der Waals surface area contributed by atoms with E-state index in [1.165, 1.54) is 11.3 Å². The largest absolute Gasteiger partial charge is 0.250 e. The first-order valence-corrected chi connectivity index (χ1v) is 9.03. The van der Waals surface area contributed by atoms with Crippen molar-refractivity contribution in [2.24, 2.45) is 0 Å². The molecular weight excluding hydrogens is 314 g/mol. The number of halogens is 1. The summed E-state index contributed by atoms with van der Waals surface area (Å²) in [5.74, 6) is 0.235. The zero-order valence-electron chi connectivity index (χ0n) is 11.0. The van der Waals surface area contributed by atoms with Gasteiger partial charge in [-0.3, -0.25) is 0 Å². The molecule has 0 amide bonds. The maximum absolute atomic E-state index is 12.2. The third-order valence-corrected chi connectivity index (χ3v) is 6.20. The molecule has 0 bridgehead atoms. The van der Waals surface area contributed by atoms with Crippen LogP contribution in [0.15, 0.2) is 46.7 Å². The molecule has 1 N–H and O–H groups in total. The third kappa shape index (κ3) is 4.06. The van der Waals surface area contributed by atoms with Crippen molar-refractivity contribution in [2.75, 3.05) is 5.88 Å². The molecule has 2 aromatic rings. The number of aryl methyl sites for hydroxylation is 1. The van der Waals surface area contributed by atoms with Gasteiger partial charge in [-0.25, -0.2) is 13.1 Å². The van der Waals surface area contributed by atoms with E-state index in [2.05, 4.69) is 4.72 Å². The summed E-state index contributed by atoms with van der Waals surface area (Å²) in [7, 11) is -3.49. The highest BCUT2D eigenvalue weighted by molar-refractivity contribution is 7.91. The van der Waals surface area contributed by atoms with E-state index in [-0.39, 0.29) is 11.9 Å². The van der Waals surface area contributed by atoms with Crippen molar-refractivity contribution in [1.29, 1.82) is 0 Å². The van der Waals surface area contributed by atoms with Crippen LogP contribution in [0.2, 0.25) is 0 Å². The first kappa shape index (κ1) is 15.5. The Labute approximate surface area is 128 Å². The van der Waals surface area contributed by atoms with Crippen LogP contribution in [0.5, 0.6) is 0 Å². The Balaban J connectivity index is 2.10. The van der Waals surface area contributed by atoms with Crippen molar-refractivity contribution in [3.8, 4) is 0 Å². The van der Waals surface area contributed by atoms with Gasteiger partial charge in [0.05, 0.1) is 0 Å². The molecular formula is C14H16ClNO2S2. The third-order valence-electron chi connectivity index (χ3n) is 2.81. The normalized spacial score (nSPS) is 13.3. The van der Waals surface area contributed by atoms with Gasteiger partial charge in [-0.15, -0.1) is 22.9 Å².